The molecule has 2 aromatic heterocycles. The summed E-state index contributed by atoms with van der Waals surface area (Å²) in [6.07, 6.45) is 0. The third-order valence-electron chi connectivity index (χ3n) is 2.84. The van der Waals surface area contributed by atoms with E-state index in [-0.39, 0.29) is 21.6 Å². The van der Waals surface area contributed by atoms with E-state index in [4.69, 9.17) is 17.5 Å². The minimum absolute atomic E-state index is 0.0309. The van der Waals surface area contributed by atoms with Crippen LogP contribution in [0, 0.1) is 21.9 Å². The molecule has 0 amide bonds. The maximum atomic E-state index is 14.0. The number of benzene rings is 1. The van der Waals surface area contributed by atoms with Gasteiger partial charge in [0.15, 0.2) is 4.77 Å². The number of rotatable bonds is 1. The Morgan fingerprint density at radius 3 is 2.90 bits per heavy atom. The predicted molar refractivity (Wildman–Crippen MR) is 77.3 cm³/mol. The first-order valence-corrected chi connectivity index (χ1v) is 6.83. The molecule has 0 aliphatic rings. The van der Waals surface area contributed by atoms with Crippen LogP contribution >= 0.6 is 23.6 Å². The van der Waals surface area contributed by atoms with Gasteiger partial charge < -0.3 is 4.98 Å². The number of halogens is 1. The zero-order chi connectivity index (χ0) is 14.3. The van der Waals surface area contributed by atoms with Crippen LogP contribution in [0.15, 0.2) is 34.4 Å². The van der Waals surface area contributed by atoms with Gasteiger partial charge in [0.05, 0.1) is 22.7 Å². The Labute approximate surface area is 121 Å². The van der Waals surface area contributed by atoms with Crippen molar-refractivity contribution >= 4 is 33.8 Å². The second kappa shape index (κ2) is 4.67. The third-order valence-corrected chi connectivity index (χ3v) is 3.95. The van der Waals surface area contributed by atoms with Crippen molar-refractivity contribution in [3.8, 4) is 11.8 Å². The molecule has 1 aromatic carbocycles. The van der Waals surface area contributed by atoms with E-state index in [2.05, 4.69) is 4.98 Å². The van der Waals surface area contributed by atoms with Gasteiger partial charge in [0, 0.05) is 0 Å². The Balaban J connectivity index is 2.38. The molecule has 3 rings (SSSR count). The van der Waals surface area contributed by atoms with Crippen LogP contribution in [-0.4, -0.2) is 9.55 Å². The molecule has 0 aliphatic carbocycles. The second-order valence-electron chi connectivity index (χ2n) is 4.01. The average Bonchev–Trinajstić information content (AvgIpc) is 2.88. The minimum atomic E-state index is -0.666. The molecule has 0 aliphatic heterocycles. The topological polar surface area (TPSA) is 61.6 Å². The number of nitrogens with one attached hydrogen (secondary N) is 1. The molecule has 2 heterocycles. The van der Waals surface area contributed by atoms with E-state index in [1.807, 2.05) is 6.07 Å². The number of aromatic amines is 1. The maximum Gasteiger partial charge on any atom is 0.267 e. The zero-order valence-corrected chi connectivity index (χ0v) is 11.5. The van der Waals surface area contributed by atoms with E-state index >= 15 is 0 Å². The number of thiophene rings is 1. The summed E-state index contributed by atoms with van der Waals surface area (Å²) in [6.45, 7) is 0. The number of fused-ring (bicyclic) bond motifs is 1. The second-order valence-corrected chi connectivity index (χ2v) is 5.31. The van der Waals surface area contributed by atoms with Crippen LogP contribution in [0.4, 0.5) is 4.39 Å². The van der Waals surface area contributed by atoms with Gasteiger partial charge >= 0.3 is 0 Å². The summed E-state index contributed by atoms with van der Waals surface area (Å²) in [7, 11) is 0. The minimum Gasteiger partial charge on any atom is -0.323 e. The van der Waals surface area contributed by atoms with Crippen LogP contribution in [-0.2, 0) is 0 Å². The van der Waals surface area contributed by atoms with Crippen molar-refractivity contribution in [2.75, 3.05) is 0 Å². The molecule has 3 aromatic rings. The number of nitriles is 1. The van der Waals surface area contributed by atoms with Crippen molar-refractivity contribution < 1.29 is 4.39 Å². The lowest BCUT2D eigenvalue weighted by Crippen LogP contribution is -2.20. The first-order chi connectivity index (χ1) is 9.61. The highest BCUT2D eigenvalue weighted by Gasteiger charge is 2.12. The molecule has 4 nitrogen and oxygen atoms in total. The Kier molecular flexibility index (Phi) is 2.97. The predicted octanol–water partition coefficient (Wildman–Crippen LogP) is 3.12. The van der Waals surface area contributed by atoms with Crippen molar-refractivity contribution in [3.63, 3.8) is 0 Å². The summed E-state index contributed by atoms with van der Waals surface area (Å²) in [4.78, 5) is 15.9. The molecule has 20 heavy (non-hydrogen) atoms. The molecule has 0 fully saturated rings. The molecular weight excluding hydrogens is 297 g/mol. The average molecular weight is 303 g/mol. The Bertz CT molecular complexity index is 978. The summed E-state index contributed by atoms with van der Waals surface area (Å²) in [6, 6.07) is 7.39. The molecule has 1 N–H and O–H groups in total. The number of nitrogens with zero attached hydrogens (tertiary/aromatic N) is 2. The summed E-state index contributed by atoms with van der Waals surface area (Å²) in [5, 5.41) is 10.9. The summed E-state index contributed by atoms with van der Waals surface area (Å²) < 4.78 is 15.3. The molecule has 7 heteroatoms. The Hall–Kier alpha value is -2.30. The van der Waals surface area contributed by atoms with Gasteiger partial charge in [-0.05, 0) is 41.9 Å². The first kappa shape index (κ1) is 12.7. The van der Waals surface area contributed by atoms with Gasteiger partial charge in [0.1, 0.15) is 10.6 Å². The van der Waals surface area contributed by atoms with Crippen LogP contribution in [0.5, 0.6) is 0 Å². The Morgan fingerprint density at radius 2 is 2.20 bits per heavy atom. The molecule has 0 spiro atoms. The largest absolute Gasteiger partial charge is 0.323 e. The van der Waals surface area contributed by atoms with E-state index < -0.39 is 5.82 Å². The smallest absolute Gasteiger partial charge is 0.267 e. The van der Waals surface area contributed by atoms with Gasteiger partial charge in [-0.15, -0.1) is 11.3 Å². The highest BCUT2D eigenvalue weighted by Crippen LogP contribution is 2.18. The molecule has 98 valence electrons. The fraction of sp³-hybridized carbons (Fsp3) is 0. The molecule has 0 unspecified atom stereocenters. The fourth-order valence-electron chi connectivity index (χ4n) is 1.92. The van der Waals surface area contributed by atoms with E-state index in [9.17, 15) is 9.18 Å². The molecule has 0 bridgehead atoms. The normalized spacial score (nSPS) is 10.6. The van der Waals surface area contributed by atoms with E-state index in [1.165, 1.54) is 23.5 Å². The Morgan fingerprint density at radius 1 is 1.40 bits per heavy atom. The summed E-state index contributed by atoms with van der Waals surface area (Å²) in [5.41, 5.74) is -0.164. The number of hydrogen-bond acceptors (Lipinski definition) is 4. The maximum absolute atomic E-state index is 14.0. The van der Waals surface area contributed by atoms with Crippen molar-refractivity contribution in [2.45, 2.75) is 0 Å². The van der Waals surface area contributed by atoms with Crippen LogP contribution in [0.3, 0.4) is 0 Å². The lowest BCUT2D eigenvalue weighted by Gasteiger charge is -2.07. The fourth-order valence-corrected chi connectivity index (χ4v) is 3.04. The van der Waals surface area contributed by atoms with Crippen LogP contribution in [0.25, 0.3) is 15.9 Å². The van der Waals surface area contributed by atoms with E-state index in [0.29, 0.717) is 10.2 Å². The quantitative estimate of drug-likeness (QED) is 0.703. The first-order valence-electron chi connectivity index (χ1n) is 5.54. The van der Waals surface area contributed by atoms with Crippen molar-refractivity contribution in [1.82, 2.24) is 9.55 Å². The van der Waals surface area contributed by atoms with Gasteiger partial charge in [-0.25, -0.2) is 8.96 Å². The standard InChI is InChI=1S/C13H6FN3OS2/c14-9-5-7(6-15)1-2-10(9)17-12(18)8-3-4-20-11(8)16-13(17)19/h1-5H,(H,16,19). The highest BCUT2D eigenvalue weighted by atomic mass is 32.1. The van der Waals surface area contributed by atoms with Gasteiger partial charge in [-0.3, -0.25) is 4.79 Å². The van der Waals surface area contributed by atoms with Gasteiger partial charge in [-0.2, -0.15) is 5.26 Å². The summed E-state index contributed by atoms with van der Waals surface area (Å²) in [5.74, 6) is -0.666. The zero-order valence-electron chi connectivity index (χ0n) is 9.88. The van der Waals surface area contributed by atoms with Crippen molar-refractivity contribution in [3.05, 3.63) is 56.2 Å². The van der Waals surface area contributed by atoms with Crippen LogP contribution in [0.2, 0.25) is 0 Å². The lowest BCUT2D eigenvalue weighted by molar-refractivity contribution is 0.614. The molecule has 0 atom stereocenters. The monoisotopic (exact) mass is 303 g/mol. The summed E-state index contributed by atoms with van der Waals surface area (Å²) >= 11 is 6.48. The highest BCUT2D eigenvalue weighted by molar-refractivity contribution is 7.71. The van der Waals surface area contributed by atoms with Crippen LogP contribution < -0.4 is 5.56 Å². The lowest BCUT2D eigenvalue weighted by atomic mass is 10.2. The number of hydrogen-bond donors (Lipinski definition) is 1. The SMILES string of the molecule is N#Cc1ccc(-n2c(=S)[nH]c3sccc3c2=O)c(F)c1. The van der Waals surface area contributed by atoms with Crippen LogP contribution in [0.1, 0.15) is 5.56 Å². The molecule has 0 saturated carbocycles. The van der Waals surface area contributed by atoms with Gasteiger partial charge in [0.2, 0.25) is 0 Å². The molecular formula is C13H6FN3OS2. The van der Waals surface area contributed by atoms with Gasteiger partial charge in [-0.1, -0.05) is 0 Å². The molecule has 0 saturated heterocycles. The van der Waals surface area contributed by atoms with E-state index in [1.54, 1.807) is 11.4 Å². The van der Waals surface area contributed by atoms with Crippen molar-refractivity contribution in [1.29, 1.82) is 5.26 Å². The number of aromatic nitrogens is 2. The third kappa shape index (κ3) is 1.86. The van der Waals surface area contributed by atoms with Gasteiger partial charge in [0.25, 0.3) is 5.56 Å². The van der Waals surface area contributed by atoms with Crippen molar-refractivity contribution in [2.24, 2.45) is 0 Å². The number of H-pyrrole nitrogens is 1. The van der Waals surface area contributed by atoms with E-state index in [0.717, 1.165) is 10.6 Å². The molecule has 0 radical (unpaired) electrons.